The first-order chi connectivity index (χ1) is 11.5. The second-order valence-electron chi connectivity index (χ2n) is 5.48. The molecule has 0 saturated heterocycles. The van der Waals surface area contributed by atoms with Crippen molar-refractivity contribution >= 4 is 27.5 Å². The summed E-state index contributed by atoms with van der Waals surface area (Å²) in [5.41, 5.74) is 2.64. The van der Waals surface area contributed by atoms with E-state index in [2.05, 4.69) is 27.2 Å². The van der Waals surface area contributed by atoms with Gasteiger partial charge in [0, 0.05) is 16.7 Å². The van der Waals surface area contributed by atoms with Crippen molar-refractivity contribution in [2.75, 3.05) is 18.4 Å². The fourth-order valence-electron chi connectivity index (χ4n) is 2.30. The lowest BCUT2D eigenvalue weighted by atomic mass is 10.2. The molecule has 5 heteroatoms. The Labute approximate surface area is 150 Å². The van der Waals surface area contributed by atoms with E-state index in [0.29, 0.717) is 13.1 Å². The normalized spacial score (nSPS) is 10.5. The van der Waals surface area contributed by atoms with Gasteiger partial charge in [-0.05, 0) is 48.4 Å². The van der Waals surface area contributed by atoms with Crippen LogP contribution in [0.15, 0.2) is 46.9 Å². The van der Waals surface area contributed by atoms with Gasteiger partial charge in [-0.1, -0.05) is 34.0 Å². The second kappa shape index (κ2) is 8.62. The molecule has 0 aromatic heterocycles. The molecule has 0 bridgehead atoms. The maximum absolute atomic E-state index is 13.0. The van der Waals surface area contributed by atoms with Crippen molar-refractivity contribution in [1.29, 1.82) is 0 Å². The molecular weight excluding hydrogens is 371 g/mol. The highest BCUT2D eigenvalue weighted by molar-refractivity contribution is 9.10. The van der Waals surface area contributed by atoms with E-state index < -0.39 is 0 Å². The van der Waals surface area contributed by atoms with E-state index in [-0.39, 0.29) is 18.3 Å². The summed E-state index contributed by atoms with van der Waals surface area (Å²) in [7, 11) is 0. The lowest BCUT2D eigenvalue weighted by molar-refractivity contribution is -0.117. The molecule has 24 heavy (non-hydrogen) atoms. The molecule has 0 unspecified atom stereocenters. The number of aryl methyl sites for hydroxylation is 1. The average molecular weight is 389 g/mol. The summed E-state index contributed by atoms with van der Waals surface area (Å²) in [6.07, 6.45) is 5.39. The van der Waals surface area contributed by atoms with Crippen LogP contribution in [0.25, 0.3) is 0 Å². The number of nitrogens with zero attached hydrogens (tertiary/aromatic N) is 1. The largest absolute Gasteiger partial charge is 0.325 e. The van der Waals surface area contributed by atoms with Gasteiger partial charge in [-0.15, -0.1) is 6.42 Å². The summed E-state index contributed by atoms with van der Waals surface area (Å²) >= 11 is 3.40. The van der Waals surface area contributed by atoms with Crippen LogP contribution in [-0.2, 0) is 11.3 Å². The topological polar surface area (TPSA) is 32.3 Å². The molecule has 1 amide bonds. The first-order valence-electron chi connectivity index (χ1n) is 7.44. The standard InChI is InChI=1S/C19H18BrFN2O/c1-3-10-23(12-15-4-7-17(21)8-5-15)13-19(24)22-18-9-6-16(20)11-14(18)2/h1,4-9,11H,10,12-13H2,2H3,(H,22,24). The van der Waals surface area contributed by atoms with Crippen molar-refractivity contribution in [2.24, 2.45) is 0 Å². The molecule has 2 rings (SSSR count). The molecule has 0 aliphatic carbocycles. The van der Waals surface area contributed by atoms with Gasteiger partial charge in [0.2, 0.25) is 5.91 Å². The van der Waals surface area contributed by atoms with E-state index >= 15 is 0 Å². The van der Waals surface area contributed by atoms with Gasteiger partial charge in [0.25, 0.3) is 0 Å². The Morgan fingerprint density at radius 3 is 2.62 bits per heavy atom. The zero-order valence-corrected chi connectivity index (χ0v) is 14.9. The molecule has 0 aliphatic rings. The third-order valence-corrected chi connectivity index (χ3v) is 3.96. The molecule has 2 aromatic carbocycles. The quantitative estimate of drug-likeness (QED) is 0.759. The highest BCUT2D eigenvalue weighted by atomic mass is 79.9. The molecule has 124 valence electrons. The number of benzene rings is 2. The zero-order chi connectivity index (χ0) is 17.5. The Kier molecular flexibility index (Phi) is 6.53. The van der Waals surface area contributed by atoms with Gasteiger partial charge in [-0.2, -0.15) is 0 Å². The summed E-state index contributed by atoms with van der Waals surface area (Å²) in [4.78, 5) is 14.1. The number of carbonyl (C=O) groups excluding carboxylic acids is 1. The second-order valence-corrected chi connectivity index (χ2v) is 6.40. The monoisotopic (exact) mass is 388 g/mol. The van der Waals surface area contributed by atoms with Crippen LogP contribution >= 0.6 is 15.9 Å². The Bertz CT molecular complexity index is 753. The van der Waals surface area contributed by atoms with Crippen LogP contribution in [-0.4, -0.2) is 23.9 Å². The van der Waals surface area contributed by atoms with E-state index in [1.807, 2.05) is 30.0 Å². The molecule has 0 fully saturated rings. The first kappa shape index (κ1) is 18.2. The molecule has 0 radical (unpaired) electrons. The molecule has 0 spiro atoms. The van der Waals surface area contributed by atoms with Crippen molar-refractivity contribution in [3.8, 4) is 12.3 Å². The summed E-state index contributed by atoms with van der Waals surface area (Å²) in [6, 6.07) is 11.8. The van der Waals surface area contributed by atoms with Gasteiger partial charge in [-0.3, -0.25) is 9.69 Å². The van der Waals surface area contributed by atoms with Crippen LogP contribution in [0.2, 0.25) is 0 Å². The smallest absolute Gasteiger partial charge is 0.238 e. The van der Waals surface area contributed by atoms with Gasteiger partial charge in [0.15, 0.2) is 0 Å². The van der Waals surface area contributed by atoms with Crippen molar-refractivity contribution in [3.63, 3.8) is 0 Å². The predicted octanol–water partition coefficient (Wildman–Crippen LogP) is 3.97. The molecule has 0 atom stereocenters. The molecule has 0 aliphatic heterocycles. The van der Waals surface area contributed by atoms with Gasteiger partial charge in [-0.25, -0.2) is 4.39 Å². The fraction of sp³-hybridized carbons (Fsp3) is 0.211. The van der Waals surface area contributed by atoms with Crippen LogP contribution in [0.3, 0.4) is 0 Å². The highest BCUT2D eigenvalue weighted by Crippen LogP contribution is 2.20. The number of hydrogen-bond acceptors (Lipinski definition) is 2. The lowest BCUT2D eigenvalue weighted by Gasteiger charge is -2.20. The summed E-state index contributed by atoms with van der Waals surface area (Å²) in [6.45, 7) is 2.91. The van der Waals surface area contributed by atoms with Crippen molar-refractivity contribution in [2.45, 2.75) is 13.5 Å². The average Bonchev–Trinajstić information content (AvgIpc) is 2.52. The lowest BCUT2D eigenvalue weighted by Crippen LogP contribution is -2.33. The van der Waals surface area contributed by atoms with Crippen LogP contribution in [0.1, 0.15) is 11.1 Å². The number of terminal acetylenes is 1. The number of anilines is 1. The molecule has 1 N–H and O–H groups in total. The summed E-state index contributed by atoms with van der Waals surface area (Å²) in [5, 5.41) is 2.89. The Morgan fingerprint density at radius 1 is 1.29 bits per heavy atom. The number of nitrogens with one attached hydrogen (secondary N) is 1. The maximum Gasteiger partial charge on any atom is 0.238 e. The number of carbonyl (C=O) groups is 1. The fourth-order valence-corrected chi connectivity index (χ4v) is 2.78. The van der Waals surface area contributed by atoms with Gasteiger partial charge in [0.05, 0.1) is 13.1 Å². The van der Waals surface area contributed by atoms with Crippen molar-refractivity contribution in [3.05, 3.63) is 63.9 Å². The molecular formula is C19H18BrFN2O. The maximum atomic E-state index is 13.0. The Balaban J connectivity index is 2.00. The van der Waals surface area contributed by atoms with Gasteiger partial charge < -0.3 is 5.32 Å². The number of amides is 1. The minimum atomic E-state index is -0.286. The summed E-state index contributed by atoms with van der Waals surface area (Å²) < 4.78 is 13.9. The molecule has 3 nitrogen and oxygen atoms in total. The number of hydrogen-bond donors (Lipinski definition) is 1. The summed E-state index contributed by atoms with van der Waals surface area (Å²) in [5.74, 6) is 2.13. The van der Waals surface area contributed by atoms with E-state index in [1.165, 1.54) is 12.1 Å². The predicted molar refractivity (Wildman–Crippen MR) is 98.0 cm³/mol. The van der Waals surface area contributed by atoms with E-state index in [0.717, 1.165) is 21.3 Å². The minimum absolute atomic E-state index is 0.141. The van der Waals surface area contributed by atoms with Crippen LogP contribution in [0.5, 0.6) is 0 Å². The van der Waals surface area contributed by atoms with E-state index in [9.17, 15) is 9.18 Å². The van der Waals surface area contributed by atoms with Crippen LogP contribution in [0.4, 0.5) is 10.1 Å². The molecule has 2 aromatic rings. The third kappa shape index (κ3) is 5.48. The van der Waals surface area contributed by atoms with Crippen molar-refractivity contribution in [1.82, 2.24) is 4.90 Å². The molecule has 0 saturated carbocycles. The SMILES string of the molecule is C#CCN(CC(=O)Nc1ccc(Br)cc1C)Cc1ccc(F)cc1. The van der Waals surface area contributed by atoms with Crippen LogP contribution < -0.4 is 5.32 Å². The number of rotatable bonds is 6. The van der Waals surface area contributed by atoms with Crippen molar-refractivity contribution < 1.29 is 9.18 Å². The van der Waals surface area contributed by atoms with Gasteiger partial charge in [0.1, 0.15) is 5.82 Å². The number of halogens is 2. The Morgan fingerprint density at radius 2 is 2.00 bits per heavy atom. The first-order valence-corrected chi connectivity index (χ1v) is 8.23. The van der Waals surface area contributed by atoms with E-state index in [1.54, 1.807) is 12.1 Å². The minimum Gasteiger partial charge on any atom is -0.325 e. The van der Waals surface area contributed by atoms with Gasteiger partial charge >= 0.3 is 0 Å². The zero-order valence-electron chi connectivity index (χ0n) is 13.4. The molecule has 0 heterocycles. The third-order valence-electron chi connectivity index (χ3n) is 3.46. The van der Waals surface area contributed by atoms with Crippen LogP contribution in [0, 0.1) is 25.1 Å². The Hall–Kier alpha value is -2.16. The highest BCUT2D eigenvalue weighted by Gasteiger charge is 2.12. The van der Waals surface area contributed by atoms with E-state index in [4.69, 9.17) is 6.42 Å².